The molecule has 1 atom stereocenters. The molecule has 0 bridgehead atoms. The van der Waals surface area contributed by atoms with Gasteiger partial charge in [0.2, 0.25) is 0 Å². The zero-order valence-corrected chi connectivity index (χ0v) is 12.9. The topological polar surface area (TPSA) is 86.2 Å². The SMILES string of the molecule is CC[C@H](COC)Nc1nc(-c2c(C)noc2C)ccc1N. The third kappa shape index (κ3) is 3.33. The Kier molecular flexibility index (Phi) is 4.80. The number of nitrogen functional groups attached to an aromatic ring is 1. The molecule has 0 saturated carbocycles. The first-order chi connectivity index (χ1) is 10.1. The van der Waals surface area contributed by atoms with Crippen molar-refractivity contribution in [3.05, 3.63) is 23.6 Å². The first kappa shape index (κ1) is 15.3. The van der Waals surface area contributed by atoms with Gasteiger partial charge >= 0.3 is 0 Å². The number of aryl methyl sites for hydroxylation is 2. The molecule has 2 rings (SSSR count). The summed E-state index contributed by atoms with van der Waals surface area (Å²) in [7, 11) is 1.68. The molecule has 6 nitrogen and oxygen atoms in total. The third-order valence-corrected chi connectivity index (χ3v) is 3.42. The van der Waals surface area contributed by atoms with Crippen molar-refractivity contribution in [2.75, 3.05) is 24.8 Å². The first-order valence-corrected chi connectivity index (χ1v) is 7.02. The van der Waals surface area contributed by atoms with Crippen molar-refractivity contribution in [2.45, 2.75) is 33.2 Å². The number of ether oxygens (including phenoxy) is 1. The summed E-state index contributed by atoms with van der Waals surface area (Å²) >= 11 is 0. The standard InChI is InChI=1S/C15H22N4O2/c1-5-11(8-20-4)17-15-12(16)6-7-13(18-15)14-9(2)19-21-10(14)3/h6-7,11H,5,8,16H2,1-4H3,(H,17,18)/t11-/m1/s1. The summed E-state index contributed by atoms with van der Waals surface area (Å²) in [4.78, 5) is 4.61. The summed E-state index contributed by atoms with van der Waals surface area (Å²) in [5.41, 5.74) is 9.16. The molecule has 0 fully saturated rings. The van der Waals surface area contributed by atoms with Gasteiger partial charge in [-0.2, -0.15) is 0 Å². The number of nitrogens with zero attached hydrogens (tertiary/aromatic N) is 2. The van der Waals surface area contributed by atoms with Gasteiger partial charge in [0.1, 0.15) is 11.6 Å². The molecule has 0 saturated heterocycles. The lowest BCUT2D eigenvalue weighted by molar-refractivity contribution is 0.184. The second kappa shape index (κ2) is 6.58. The van der Waals surface area contributed by atoms with E-state index in [9.17, 15) is 0 Å². The lowest BCUT2D eigenvalue weighted by Gasteiger charge is -2.18. The normalized spacial score (nSPS) is 12.4. The van der Waals surface area contributed by atoms with Crippen molar-refractivity contribution in [3.8, 4) is 11.3 Å². The van der Waals surface area contributed by atoms with Crippen LogP contribution < -0.4 is 11.1 Å². The van der Waals surface area contributed by atoms with E-state index in [2.05, 4.69) is 22.4 Å². The smallest absolute Gasteiger partial charge is 0.150 e. The van der Waals surface area contributed by atoms with Crippen LogP contribution in [0, 0.1) is 13.8 Å². The van der Waals surface area contributed by atoms with Crippen LogP contribution in [0.5, 0.6) is 0 Å². The van der Waals surface area contributed by atoms with Crippen molar-refractivity contribution in [3.63, 3.8) is 0 Å². The van der Waals surface area contributed by atoms with Gasteiger partial charge in [-0.05, 0) is 32.4 Å². The molecule has 0 spiro atoms. The van der Waals surface area contributed by atoms with Crippen LogP contribution in [0.2, 0.25) is 0 Å². The Bertz CT molecular complexity index is 590. The maximum Gasteiger partial charge on any atom is 0.150 e. The summed E-state index contributed by atoms with van der Waals surface area (Å²) in [5.74, 6) is 1.41. The highest BCUT2D eigenvalue weighted by atomic mass is 16.5. The van der Waals surface area contributed by atoms with E-state index >= 15 is 0 Å². The number of hydrogen-bond donors (Lipinski definition) is 2. The Balaban J connectivity index is 2.33. The maximum atomic E-state index is 6.01. The number of methoxy groups -OCH3 is 1. The minimum atomic E-state index is 0.171. The van der Waals surface area contributed by atoms with E-state index in [0.717, 1.165) is 29.1 Å². The van der Waals surface area contributed by atoms with Gasteiger partial charge in [-0.25, -0.2) is 4.98 Å². The number of anilines is 2. The minimum Gasteiger partial charge on any atom is -0.396 e. The van der Waals surface area contributed by atoms with Gasteiger partial charge in [-0.1, -0.05) is 12.1 Å². The van der Waals surface area contributed by atoms with E-state index in [-0.39, 0.29) is 6.04 Å². The number of rotatable bonds is 6. The van der Waals surface area contributed by atoms with Crippen LogP contribution in [-0.4, -0.2) is 29.9 Å². The zero-order chi connectivity index (χ0) is 15.4. The second-order valence-electron chi connectivity index (χ2n) is 5.04. The van der Waals surface area contributed by atoms with Gasteiger partial charge in [0, 0.05) is 7.11 Å². The molecule has 0 aliphatic carbocycles. The predicted octanol–water partition coefficient (Wildman–Crippen LogP) is 2.77. The molecular formula is C15H22N4O2. The molecular weight excluding hydrogens is 268 g/mol. The third-order valence-electron chi connectivity index (χ3n) is 3.42. The van der Waals surface area contributed by atoms with E-state index in [1.54, 1.807) is 7.11 Å². The quantitative estimate of drug-likeness (QED) is 0.850. The number of hydrogen-bond acceptors (Lipinski definition) is 6. The van der Waals surface area contributed by atoms with Crippen molar-refractivity contribution >= 4 is 11.5 Å². The fourth-order valence-electron chi connectivity index (χ4n) is 2.23. The summed E-state index contributed by atoms with van der Waals surface area (Å²) in [5, 5.41) is 7.29. The minimum absolute atomic E-state index is 0.171. The Morgan fingerprint density at radius 2 is 2.14 bits per heavy atom. The van der Waals surface area contributed by atoms with Crippen molar-refractivity contribution in [2.24, 2.45) is 0 Å². The summed E-state index contributed by atoms with van der Waals surface area (Å²) < 4.78 is 10.4. The van der Waals surface area contributed by atoms with E-state index in [1.807, 2.05) is 26.0 Å². The number of nitrogens with two attached hydrogens (primary N) is 1. The van der Waals surface area contributed by atoms with Gasteiger partial charge in [0.15, 0.2) is 0 Å². The number of pyridine rings is 1. The summed E-state index contributed by atoms with van der Waals surface area (Å²) in [6, 6.07) is 3.89. The van der Waals surface area contributed by atoms with Gasteiger partial charge in [0.25, 0.3) is 0 Å². The van der Waals surface area contributed by atoms with E-state index < -0.39 is 0 Å². The Labute approximate surface area is 124 Å². The molecule has 0 aromatic carbocycles. The van der Waals surface area contributed by atoms with Crippen molar-refractivity contribution in [1.29, 1.82) is 0 Å². The molecule has 0 amide bonds. The van der Waals surface area contributed by atoms with Crippen LogP contribution in [-0.2, 0) is 4.74 Å². The van der Waals surface area contributed by atoms with Crippen LogP contribution >= 0.6 is 0 Å². The Morgan fingerprint density at radius 3 is 2.71 bits per heavy atom. The molecule has 0 radical (unpaired) electrons. The fourth-order valence-corrected chi connectivity index (χ4v) is 2.23. The van der Waals surface area contributed by atoms with Gasteiger partial charge < -0.3 is 20.3 Å². The van der Waals surface area contributed by atoms with Crippen LogP contribution in [0.25, 0.3) is 11.3 Å². The molecule has 6 heteroatoms. The molecule has 114 valence electrons. The highest BCUT2D eigenvalue weighted by Gasteiger charge is 2.15. The van der Waals surface area contributed by atoms with Crippen molar-refractivity contribution < 1.29 is 9.26 Å². The highest BCUT2D eigenvalue weighted by Crippen LogP contribution is 2.28. The second-order valence-corrected chi connectivity index (χ2v) is 5.04. The number of aromatic nitrogens is 2. The zero-order valence-electron chi connectivity index (χ0n) is 12.9. The van der Waals surface area contributed by atoms with Crippen LogP contribution in [0.3, 0.4) is 0 Å². The molecule has 21 heavy (non-hydrogen) atoms. The fraction of sp³-hybridized carbons (Fsp3) is 0.467. The molecule has 2 aromatic heterocycles. The monoisotopic (exact) mass is 290 g/mol. The van der Waals surface area contributed by atoms with Crippen LogP contribution in [0.15, 0.2) is 16.7 Å². The highest BCUT2D eigenvalue weighted by molar-refractivity contribution is 5.71. The molecule has 0 aliphatic heterocycles. The van der Waals surface area contributed by atoms with Crippen LogP contribution in [0.4, 0.5) is 11.5 Å². The molecule has 2 aromatic rings. The maximum absolute atomic E-state index is 6.01. The van der Waals surface area contributed by atoms with E-state index in [0.29, 0.717) is 18.1 Å². The molecule has 0 aliphatic rings. The van der Waals surface area contributed by atoms with E-state index in [1.165, 1.54) is 0 Å². The first-order valence-electron chi connectivity index (χ1n) is 7.02. The summed E-state index contributed by atoms with van der Waals surface area (Å²) in [6.07, 6.45) is 0.921. The lowest BCUT2D eigenvalue weighted by atomic mass is 10.1. The Morgan fingerprint density at radius 1 is 1.38 bits per heavy atom. The molecule has 3 N–H and O–H groups in total. The van der Waals surface area contributed by atoms with E-state index in [4.69, 9.17) is 15.0 Å². The lowest BCUT2D eigenvalue weighted by Crippen LogP contribution is -2.25. The van der Waals surface area contributed by atoms with Gasteiger partial charge in [-0.15, -0.1) is 0 Å². The number of nitrogens with one attached hydrogen (secondary N) is 1. The Hall–Kier alpha value is -2.08. The largest absolute Gasteiger partial charge is 0.396 e. The summed E-state index contributed by atoms with van der Waals surface area (Å²) in [6.45, 7) is 6.47. The average Bonchev–Trinajstić information content (AvgIpc) is 2.80. The van der Waals surface area contributed by atoms with Gasteiger partial charge in [0.05, 0.1) is 35.3 Å². The molecule has 2 heterocycles. The average molecular weight is 290 g/mol. The molecule has 0 unspecified atom stereocenters. The van der Waals surface area contributed by atoms with Crippen LogP contribution in [0.1, 0.15) is 24.8 Å². The van der Waals surface area contributed by atoms with Crippen molar-refractivity contribution in [1.82, 2.24) is 10.1 Å². The predicted molar refractivity (Wildman–Crippen MR) is 83.2 cm³/mol. The van der Waals surface area contributed by atoms with Gasteiger partial charge in [-0.3, -0.25) is 0 Å².